The summed E-state index contributed by atoms with van der Waals surface area (Å²) in [6.07, 6.45) is -14.8. The number of phenolic OH excluding ortho intramolecular Hbond substituents is 5. The van der Waals surface area contributed by atoms with Crippen molar-refractivity contribution in [2.24, 2.45) is 0 Å². The molecular weight excluding hydrogens is 692 g/mol. The number of allylic oxidation sites excluding steroid dienone is 1. The van der Waals surface area contributed by atoms with Crippen LogP contribution >= 0.6 is 0 Å². The molecule has 0 aliphatic carbocycles. The lowest BCUT2D eigenvalue weighted by molar-refractivity contribution is -0.345. The molecule has 2 saturated heterocycles. The van der Waals surface area contributed by atoms with Crippen molar-refractivity contribution in [3.63, 3.8) is 0 Å². The molecule has 0 spiro atoms. The van der Waals surface area contributed by atoms with E-state index < -0.39 is 91.4 Å². The molecule has 3 aromatic carbocycles. The first-order chi connectivity index (χ1) is 24.7. The van der Waals surface area contributed by atoms with Gasteiger partial charge in [0.05, 0.1) is 23.8 Å². The summed E-state index contributed by atoms with van der Waals surface area (Å²) in [7, 11) is 0. The number of hydrogen-bond donors (Lipinski definition) is 11. The first-order valence-corrected chi connectivity index (χ1v) is 16.2. The van der Waals surface area contributed by atoms with E-state index in [0.29, 0.717) is 11.1 Å². The average Bonchev–Trinajstić information content (AvgIpc) is 3.11. The van der Waals surface area contributed by atoms with E-state index in [-0.39, 0.29) is 45.7 Å². The predicted octanol–water partition coefficient (Wildman–Crippen LogP) is -0.327. The third-order valence-electron chi connectivity index (χ3n) is 9.30. The molecule has 278 valence electrons. The van der Waals surface area contributed by atoms with Crippen molar-refractivity contribution < 1.29 is 84.6 Å². The molecule has 0 amide bonds. The zero-order valence-corrected chi connectivity index (χ0v) is 27.2. The molecule has 11 unspecified atom stereocenters. The van der Waals surface area contributed by atoms with E-state index in [1.807, 2.05) is 0 Å². The zero-order chi connectivity index (χ0) is 37.2. The summed E-state index contributed by atoms with van der Waals surface area (Å²) < 4.78 is 34.0. The van der Waals surface area contributed by atoms with E-state index in [1.165, 1.54) is 31.2 Å². The van der Waals surface area contributed by atoms with Gasteiger partial charge in [0.15, 0.2) is 29.6 Å². The van der Waals surface area contributed by atoms with Crippen molar-refractivity contribution in [1.82, 2.24) is 0 Å². The summed E-state index contributed by atoms with van der Waals surface area (Å²) in [4.78, 5) is 0. The number of ether oxygens (including phenoxy) is 6. The monoisotopic (exact) mass is 729 g/mol. The third-order valence-corrected chi connectivity index (χ3v) is 9.30. The Morgan fingerprint density at radius 3 is 2.06 bits per heavy atom. The van der Waals surface area contributed by atoms with Crippen LogP contribution in [0.1, 0.15) is 29.7 Å². The van der Waals surface area contributed by atoms with Crippen molar-refractivity contribution in [2.75, 3.05) is 6.61 Å². The minimum absolute atomic E-state index is 0.000944. The minimum Gasteiger partial charge on any atom is -0.555 e. The minimum atomic E-state index is -1.86. The Balaban J connectivity index is 1.28. The molecule has 11 atom stereocenters. The molecular formula is C35H37O17+. The van der Waals surface area contributed by atoms with Gasteiger partial charge >= 0.3 is 12.0 Å². The van der Waals surface area contributed by atoms with Crippen molar-refractivity contribution in [1.29, 1.82) is 0 Å². The summed E-state index contributed by atoms with van der Waals surface area (Å²) in [5.41, 5.74) is 1.12. The third kappa shape index (κ3) is 6.31. The SMILES string of the molecule is CC1OC(OCC2OC([OH+]C3=C(c4cc(O)c(O)c(O)c4)Oc4cc(O)cc5c4C3=CC(c3ccc(O)cc3)O5)C(O)C(O)C2O)C(O)C(O)C1O. The zero-order valence-electron chi connectivity index (χ0n) is 27.2. The highest BCUT2D eigenvalue weighted by Gasteiger charge is 2.51. The molecule has 17 nitrogen and oxygen atoms in total. The Kier molecular flexibility index (Phi) is 9.32. The van der Waals surface area contributed by atoms with Gasteiger partial charge in [0.25, 0.3) is 0 Å². The van der Waals surface area contributed by atoms with Crippen molar-refractivity contribution >= 4 is 11.3 Å². The van der Waals surface area contributed by atoms with E-state index in [2.05, 4.69) is 4.74 Å². The standard InChI is InChI=1S/C35H36O17/c1-12-25(40)28(43)30(45)34(48-12)47-11-23-27(42)29(44)31(46)35(51-23)52-33-17-10-20(13-2-4-15(36)5-3-13)49-21-8-16(37)9-22(24(17)21)50-32(33)14-6-18(38)26(41)19(39)7-14/h2-10,12,20,23,25,27-31,34-46H,11H2,1H3/p+1. The summed E-state index contributed by atoms with van der Waals surface area (Å²) >= 11 is 0. The number of hydrogen-bond acceptors (Lipinski definition) is 16. The maximum atomic E-state index is 11.1. The average molecular weight is 730 g/mol. The molecule has 17 heteroatoms. The van der Waals surface area contributed by atoms with Crippen LogP contribution in [-0.2, 0) is 14.2 Å². The number of phenols is 5. The summed E-state index contributed by atoms with van der Waals surface area (Å²) in [6, 6.07) is 10.9. The molecule has 3 aromatic rings. The van der Waals surface area contributed by atoms with Crippen LogP contribution in [0.2, 0.25) is 0 Å². The van der Waals surface area contributed by atoms with Crippen LogP contribution in [0.4, 0.5) is 0 Å². The highest BCUT2D eigenvalue weighted by molar-refractivity contribution is 5.95. The van der Waals surface area contributed by atoms with Gasteiger partial charge in [0, 0.05) is 17.7 Å². The fourth-order valence-corrected chi connectivity index (χ4v) is 6.43. The molecule has 0 aromatic heterocycles. The molecule has 7 rings (SSSR count). The van der Waals surface area contributed by atoms with Crippen LogP contribution in [0.5, 0.6) is 40.2 Å². The normalized spacial score (nSPS) is 32.7. The van der Waals surface area contributed by atoms with Crippen LogP contribution in [0.25, 0.3) is 11.3 Å². The number of rotatable bonds is 7. The van der Waals surface area contributed by atoms with Gasteiger partial charge in [-0.3, -0.25) is 4.74 Å². The lowest BCUT2D eigenvalue weighted by Gasteiger charge is -2.41. The summed E-state index contributed by atoms with van der Waals surface area (Å²) in [5.74, 6) is -2.55. The Morgan fingerprint density at radius 1 is 0.712 bits per heavy atom. The topological polar surface area (TPSA) is 281 Å². The van der Waals surface area contributed by atoms with Crippen molar-refractivity contribution in [3.05, 3.63) is 77.1 Å². The first-order valence-electron chi connectivity index (χ1n) is 16.2. The van der Waals surface area contributed by atoms with Crippen molar-refractivity contribution in [3.8, 4) is 40.2 Å². The summed E-state index contributed by atoms with van der Waals surface area (Å²) in [5, 5.41) is 115. The molecule has 0 radical (unpaired) electrons. The Hall–Kier alpha value is -4.82. The number of benzene rings is 3. The highest BCUT2D eigenvalue weighted by atomic mass is 16.7. The van der Waals surface area contributed by atoms with E-state index >= 15 is 0 Å². The molecule has 0 bridgehead atoms. The lowest BCUT2D eigenvalue weighted by atomic mass is 9.91. The van der Waals surface area contributed by atoms with Gasteiger partial charge in [-0.15, -0.1) is 0 Å². The highest BCUT2D eigenvalue weighted by Crippen LogP contribution is 2.53. The predicted molar refractivity (Wildman–Crippen MR) is 174 cm³/mol. The van der Waals surface area contributed by atoms with Crippen LogP contribution in [0.15, 0.2) is 60.4 Å². The number of aromatic hydroxyl groups is 5. The first kappa shape index (κ1) is 35.6. The van der Waals surface area contributed by atoms with Crippen LogP contribution in [0.3, 0.4) is 0 Å². The Labute approximate surface area is 294 Å². The van der Waals surface area contributed by atoms with Crippen LogP contribution in [0, 0.1) is 0 Å². The van der Waals surface area contributed by atoms with Crippen molar-refractivity contribution in [2.45, 2.75) is 74.4 Å². The molecule has 0 saturated carbocycles. The maximum absolute atomic E-state index is 11.1. The molecule has 4 aliphatic rings. The van der Waals surface area contributed by atoms with Gasteiger partial charge in [-0.1, -0.05) is 12.1 Å². The van der Waals surface area contributed by atoms with Gasteiger partial charge < -0.3 is 79.9 Å². The Bertz CT molecular complexity index is 1870. The largest absolute Gasteiger partial charge is 0.555 e. The second-order valence-corrected chi connectivity index (χ2v) is 12.9. The number of aliphatic hydroxyl groups is 8. The Morgan fingerprint density at radius 2 is 1.37 bits per heavy atom. The van der Waals surface area contributed by atoms with E-state index in [9.17, 15) is 56.2 Å². The van der Waals surface area contributed by atoms with Crippen LogP contribution < -0.4 is 9.47 Å². The summed E-state index contributed by atoms with van der Waals surface area (Å²) in [6.45, 7) is 0.895. The van der Waals surface area contributed by atoms with Gasteiger partial charge in [0.1, 0.15) is 65.7 Å². The lowest BCUT2D eigenvalue weighted by Crippen LogP contribution is -2.61. The fourth-order valence-electron chi connectivity index (χ4n) is 6.43. The van der Waals surface area contributed by atoms with Gasteiger partial charge in [0.2, 0.25) is 5.76 Å². The van der Waals surface area contributed by atoms with Gasteiger partial charge in [-0.2, -0.15) is 0 Å². The van der Waals surface area contributed by atoms with Gasteiger partial charge in [-0.25, -0.2) is 0 Å². The van der Waals surface area contributed by atoms with Gasteiger partial charge in [-0.05, 0) is 42.8 Å². The number of aliphatic hydroxyl groups excluding tert-OH is 6. The fraction of sp³-hybridized carbons (Fsp3) is 0.371. The molecule has 4 heterocycles. The second kappa shape index (κ2) is 13.6. The molecule has 52 heavy (non-hydrogen) atoms. The van der Waals surface area contributed by atoms with E-state index in [1.54, 1.807) is 18.2 Å². The quantitative estimate of drug-likeness (QED) is 0.110. The maximum Gasteiger partial charge on any atom is 0.326 e. The molecule has 12 N–H and O–H groups in total. The molecule has 2 fully saturated rings. The van der Waals surface area contributed by atoms with E-state index in [0.717, 1.165) is 12.1 Å². The second-order valence-electron chi connectivity index (χ2n) is 12.9. The van der Waals surface area contributed by atoms with E-state index in [4.69, 9.17) is 23.7 Å². The molecule has 4 aliphatic heterocycles. The van der Waals surface area contributed by atoms with Crippen LogP contribution in [-0.4, -0.2) is 129 Å². The smallest absolute Gasteiger partial charge is 0.326 e.